The summed E-state index contributed by atoms with van der Waals surface area (Å²) >= 11 is 0. The summed E-state index contributed by atoms with van der Waals surface area (Å²) in [6.45, 7) is 1.57. The molecular formula is C20H31F2N5O5. The monoisotopic (exact) mass is 459 g/mol. The van der Waals surface area contributed by atoms with Crippen LogP contribution in [0.5, 0.6) is 0 Å². The van der Waals surface area contributed by atoms with Crippen molar-refractivity contribution in [3.8, 4) is 0 Å². The molecule has 1 aliphatic rings. The molecule has 0 aliphatic carbocycles. The minimum Gasteiger partial charge on any atom is -0.480 e. The molecule has 1 aromatic carbocycles. The summed E-state index contributed by atoms with van der Waals surface area (Å²) in [7, 11) is 0. The zero-order valence-electron chi connectivity index (χ0n) is 17.9. The number of nitro benzene ring substituents is 1. The van der Waals surface area contributed by atoms with E-state index in [4.69, 9.17) is 16.2 Å². The van der Waals surface area contributed by atoms with Crippen molar-refractivity contribution >= 4 is 23.0 Å². The Morgan fingerprint density at radius 1 is 1.16 bits per heavy atom. The average molecular weight is 459 g/mol. The molecule has 0 spiro atoms. The number of rotatable bonds is 13. The molecule has 0 amide bonds. The molecule has 32 heavy (non-hydrogen) atoms. The fourth-order valence-corrected chi connectivity index (χ4v) is 3.71. The van der Waals surface area contributed by atoms with Gasteiger partial charge in [0.05, 0.1) is 23.7 Å². The molecule has 0 aromatic heterocycles. The minimum absolute atomic E-state index is 0.0312. The Bertz CT molecular complexity index is 805. The first-order valence-electron chi connectivity index (χ1n) is 10.7. The Kier molecular flexibility index (Phi) is 10.0. The summed E-state index contributed by atoms with van der Waals surface area (Å²) in [4.78, 5) is 24.2. The topological polar surface area (TPSA) is 157 Å². The van der Waals surface area contributed by atoms with Crippen LogP contribution in [-0.4, -0.2) is 61.4 Å². The molecule has 10 nitrogen and oxygen atoms in total. The van der Waals surface area contributed by atoms with Crippen LogP contribution < -0.4 is 21.7 Å². The van der Waals surface area contributed by atoms with E-state index in [0.717, 1.165) is 0 Å². The number of hydrogen-bond acceptors (Lipinski definition) is 8. The number of unbranched alkanes of at least 4 members (excludes halogenated alkanes) is 2. The summed E-state index contributed by atoms with van der Waals surface area (Å²) in [5, 5.41) is 23.9. The zero-order valence-corrected chi connectivity index (χ0v) is 17.9. The largest absolute Gasteiger partial charge is 0.480 e. The number of benzene rings is 1. The Morgan fingerprint density at radius 2 is 1.78 bits per heavy atom. The van der Waals surface area contributed by atoms with Crippen molar-refractivity contribution in [2.45, 2.75) is 44.6 Å². The highest BCUT2D eigenvalue weighted by atomic mass is 19.1. The van der Waals surface area contributed by atoms with Gasteiger partial charge in [-0.15, -0.1) is 0 Å². The molecule has 1 heterocycles. The van der Waals surface area contributed by atoms with Crippen molar-refractivity contribution in [2.24, 2.45) is 11.5 Å². The molecule has 0 saturated carbocycles. The summed E-state index contributed by atoms with van der Waals surface area (Å²) in [5.74, 6) is -3.48. The van der Waals surface area contributed by atoms with Gasteiger partial charge in [-0.1, -0.05) is 0 Å². The van der Waals surface area contributed by atoms with Gasteiger partial charge >= 0.3 is 11.7 Å². The molecule has 1 aromatic rings. The van der Waals surface area contributed by atoms with Crippen LogP contribution in [0.1, 0.15) is 37.7 Å². The third-order valence-electron chi connectivity index (χ3n) is 5.38. The lowest BCUT2D eigenvalue weighted by Crippen LogP contribution is -2.38. The van der Waals surface area contributed by atoms with Gasteiger partial charge in [0.2, 0.25) is 0 Å². The molecule has 0 radical (unpaired) electrons. The van der Waals surface area contributed by atoms with Crippen molar-refractivity contribution in [2.75, 3.05) is 49.6 Å². The van der Waals surface area contributed by atoms with E-state index in [9.17, 15) is 20.0 Å². The maximum Gasteiger partial charge on any atom is 0.326 e. The van der Waals surface area contributed by atoms with E-state index >= 15 is 8.78 Å². The van der Waals surface area contributed by atoms with Gasteiger partial charge in [0.1, 0.15) is 11.7 Å². The molecule has 6 N–H and O–H groups in total. The number of hydrogen-bond donors (Lipinski definition) is 4. The van der Waals surface area contributed by atoms with Crippen LogP contribution in [-0.2, 0) is 16.0 Å². The van der Waals surface area contributed by atoms with Crippen LogP contribution in [0.3, 0.4) is 0 Å². The fraction of sp³-hybridized carbons (Fsp3) is 0.650. The number of carboxylic acids is 1. The standard InChI is InChI=1S/C20H31F2N5O5/c21-15-13(5-1-3-7-23)18(27(30)31)17(25-14(20(28)29)6-2-4-8-24)16(22)19(15)26-9-11-32-12-10-26/h14,25H,1-12,23-24H2,(H,28,29)/t14-/m0/s1. The summed E-state index contributed by atoms with van der Waals surface area (Å²) in [5.41, 5.74) is 8.87. The first kappa shape index (κ1) is 25.7. The minimum atomic E-state index is -1.30. The Labute approximate surface area is 185 Å². The fourth-order valence-electron chi connectivity index (χ4n) is 3.71. The van der Waals surface area contributed by atoms with Crippen molar-refractivity contribution in [1.29, 1.82) is 0 Å². The number of nitrogens with zero attached hydrogens (tertiary/aromatic N) is 2. The number of halogens is 2. The predicted molar refractivity (Wildman–Crippen MR) is 116 cm³/mol. The number of morpholine rings is 1. The SMILES string of the molecule is NCCCCc1c(F)c(N2CCOCC2)c(F)c(N[C@@H](CCCCN)C(=O)O)c1[N+](=O)[O-]. The summed E-state index contributed by atoms with van der Waals surface area (Å²) in [6.07, 6.45) is 1.88. The summed E-state index contributed by atoms with van der Waals surface area (Å²) in [6, 6.07) is -1.30. The highest BCUT2D eigenvalue weighted by molar-refractivity contribution is 5.82. The second-order valence-corrected chi connectivity index (χ2v) is 7.60. The van der Waals surface area contributed by atoms with Crippen molar-refractivity contribution in [3.05, 3.63) is 27.3 Å². The normalized spacial score (nSPS) is 14.9. The maximum atomic E-state index is 15.6. The van der Waals surface area contributed by atoms with E-state index in [-0.39, 0.29) is 44.7 Å². The number of nitrogens with two attached hydrogens (primary N) is 2. The first-order chi connectivity index (χ1) is 15.3. The van der Waals surface area contributed by atoms with Crippen LogP contribution in [0.25, 0.3) is 0 Å². The van der Waals surface area contributed by atoms with Crippen LogP contribution in [0, 0.1) is 21.7 Å². The van der Waals surface area contributed by atoms with Crippen molar-refractivity contribution < 1.29 is 28.3 Å². The van der Waals surface area contributed by atoms with Crippen LogP contribution in [0.15, 0.2) is 0 Å². The highest BCUT2D eigenvalue weighted by Gasteiger charge is 2.35. The second-order valence-electron chi connectivity index (χ2n) is 7.60. The average Bonchev–Trinajstić information content (AvgIpc) is 2.76. The summed E-state index contributed by atoms with van der Waals surface area (Å²) < 4.78 is 36.3. The van der Waals surface area contributed by atoms with E-state index < -0.39 is 45.6 Å². The maximum absolute atomic E-state index is 15.6. The van der Waals surface area contributed by atoms with Gasteiger partial charge in [-0.2, -0.15) is 0 Å². The molecule has 0 unspecified atom stereocenters. The van der Waals surface area contributed by atoms with Crippen LogP contribution in [0.4, 0.5) is 25.8 Å². The van der Waals surface area contributed by atoms with Gasteiger partial charge < -0.3 is 31.5 Å². The molecular weight excluding hydrogens is 428 g/mol. The van der Waals surface area contributed by atoms with Crippen LogP contribution in [0.2, 0.25) is 0 Å². The number of carboxylic acid groups (broad SMARTS) is 1. The van der Waals surface area contributed by atoms with E-state index in [0.29, 0.717) is 38.8 Å². The van der Waals surface area contributed by atoms with Crippen LogP contribution >= 0.6 is 0 Å². The molecule has 1 fully saturated rings. The van der Waals surface area contributed by atoms with Gasteiger partial charge in [0.25, 0.3) is 0 Å². The van der Waals surface area contributed by atoms with Gasteiger partial charge in [-0.3, -0.25) is 10.1 Å². The molecule has 1 aliphatic heterocycles. The highest BCUT2D eigenvalue weighted by Crippen LogP contribution is 2.42. The molecule has 1 saturated heterocycles. The number of anilines is 2. The smallest absolute Gasteiger partial charge is 0.326 e. The number of ether oxygens (including phenoxy) is 1. The Balaban J connectivity index is 2.60. The lowest BCUT2D eigenvalue weighted by Gasteiger charge is -2.31. The van der Waals surface area contributed by atoms with Gasteiger partial charge in [0, 0.05) is 13.1 Å². The third-order valence-corrected chi connectivity index (χ3v) is 5.38. The molecule has 12 heteroatoms. The quantitative estimate of drug-likeness (QED) is 0.197. The van der Waals surface area contributed by atoms with Crippen molar-refractivity contribution in [3.63, 3.8) is 0 Å². The number of nitrogens with one attached hydrogen (secondary N) is 1. The first-order valence-corrected chi connectivity index (χ1v) is 10.7. The number of carbonyl (C=O) groups is 1. The van der Waals surface area contributed by atoms with E-state index in [1.165, 1.54) is 4.90 Å². The molecule has 180 valence electrons. The number of nitro groups is 1. The van der Waals surface area contributed by atoms with E-state index in [1.807, 2.05) is 0 Å². The van der Waals surface area contributed by atoms with Gasteiger partial charge in [0.15, 0.2) is 17.3 Å². The van der Waals surface area contributed by atoms with E-state index in [2.05, 4.69) is 5.32 Å². The Morgan fingerprint density at radius 3 is 2.34 bits per heavy atom. The lowest BCUT2D eigenvalue weighted by molar-refractivity contribution is -0.385. The van der Waals surface area contributed by atoms with Gasteiger partial charge in [-0.05, 0) is 51.6 Å². The van der Waals surface area contributed by atoms with Gasteiger partial charge in [-0.25, -0.2) is 13.6 Å². The predicted octanol–water partition coefficient (Wildman–Crippen LogP) is 1.99. The lowest BCUT2D eigenvalue weighted by atomic mass is 10.00. The third kappa shape index (κ3) is 6.24. The molecule has 1 atom stereocenters. The molecule has 0 bridgehead atoms. The zero-order chi connectivity index (χ0) is 23.7. The van der Waals surface area contributed by atoms with Crippen molar-refractivity contribution in [1.82, 2.24) is 0 Å². The number of aliphatic carboxylic acids is 1. The Hall–Kier alpha value is -2.57. The van der Waals surface area contributed by atoms with E-state index in [1.54, 1.807) is 0 Å². The molecule has 2 rings (SSSR count). The second kappa shape index (κ2) is 12.5.